The van der Waals surface area contributed by atoms with E-state index >= 15 is 0 Å². The van der Waals surface area contributed by atoms with Crippen LogP contribution in [0.4, 0.5) is 5.69 Å². The summed E-state index contributed by atoms with van der Waals surface area (Å²) < 4.78 is 26.1. The van der Waals surface area contributed by atoms with Crippen molar-refractivity contribution in [3.63, 3.8) is 0 Å². The third kappa shape index (κ3) is 4.21. The molecular weight excluding hydrogens is 292 g/mol. The first kappa shape index (κ1) is 15.4. The number of non-ortho nitro benzene ring substituents is 1. The highest BCUT2D eigenvalue weighted by molar-refractivity contribution is 7.89. The molecular formula is C11H11ClN2O4S. The van der Waals surface area contributed by atoms with E-state index in [1.54, 1.807) is 6.92 Å². The molecule has 0 aliphatic heterocycles. The van der Waals surface area contributed by atoms with E-state index in [0.717, 1.165) is 12.1 Å². The summed E-state index contributed by atoms with van der Waals surface area (Å²) >= 11 is 5.76. The highest BCUT2D eigenvalue weighted by atomic mass is 35.5. The van der Waals surface area contributed by atoms with Crippen LogP contribution < -0.4 is 4.72 Å². The largest absolute Gasteiger partial charge is 0.270 e. The second-order valence-electron chi connectivity index (χ2n) is 3.45. The van der Waals surface area contributed by atoms with E-state index in [0.29, 0.717) is 6.42 Å². The van der Waals surface area contributed by atoms with Crippen LogP contribution in [-0.4, -0.2) is 19.9 Å². The first-order chi connectivity index (χ1) is 8.88. The number of nitro groups is 1. The van der Waals surface area contributed by atoms with Crippen molar-refractivity contribution in [3.05, 3.63) is 33.3 Å². The Morgan fingerprint density at radius 1 is 1.47 bits per heavy atom. The van der Waals surface area contributed by atoms with E-state index in [4.69, 9.17) is 11.6 Å². The summed E-state index contributed by atoms with van der Waals surface area (Å²) in [6.07, 6.45) is 0.349. The zero-order valence-electron chi connectivity index (χ0n) is 10.0. The maximum atomic E-state index is 11.9. The van der Waals surface area contributed by atoms with E-state index in [-0.39, 0.29) is 22.2 Å². The summed E-state index contributed by atoms with van der Waals surface area (Å²) in [6.45, 7) is 1.76. The van der Waals surface area contributed by atoms with Gasteiger partial charge >= 0.3 is 0 Å². The first-order valence-corrected chi connectivity index (χ1v) is 7.08. The average molecular weight is 303 g/mol. The van der Waals surface area contributed by atoms with E-state index in [9.17, 15) is 18.5 Å². The first-order valence-electron chi connectivity index (χ1n) is 5.21. The zero-order chi connectivity index (χ0) is 14.5. The highest BCUT2D eigenvalue weighted by Crippen LogP contribution is 2.25. The van der Waals surface area contributed by atoms with Crippen LogP contribution in [0.2, 0.25) is 5.02 Å². The van der Waals surface area contributed by atoms with E-state index in [2.05, 4.69) is 16.6 Å². The average Bonchev–Trinajstić information content (AvgIpc) is 2.34. The number of halogens is 1. The van der Waals surface area contributed by atoms with Crippen LogP contribution in [0.1, 0.15) is 13.3 Å². The molecule has 1 rings (SSSR count). The number of hydrogen-bond acceptors (Lipinski definition) is 4. The van der Waals surface area contributed by atoms with Crippen molar-refractivity contribution in [3.8, 4) is 11.8 Å². The summed E-state index contributed by atoms with van der Waals surface area (Å²) in [6, 6.07) is 3.25. The molecule has 19 heavy (non-hydrogen) atoms. The fraction of sp³-hybridized carbons (Fsp3) is 0.273. The number of rotatable bonds is 5. The molecule has 0 radical (unpaired) electrons. The fourth-order valence-corrected chi connectivity index (χ4v) is 2.81. The predicted molar refractivity (Wildman–Crippen MR) is 71.4 cm³/mol. The molecule has 0 spiro atoms. The van der Waals surface area contributed by atoms with Gasteiger partial charge in [-0.25, -0.2) is 13.1 Å². The Hall–Kier alpha value is -1.62. The van der Waals surface area contributed by atoms with Gasteiger partial charge in [0.25, 0.3) is 5.69 Å². The van der Waals surface area contributed by atoms with Gasteiger partial charge in [-0.2, -0.15) is 0 Å². The summed E-state index contributed by atoms with van der Waals surface area (Å²) in [4.78, 5) is 9.62. The van der Waals surface area contributed by atoms with Crippen molar-refractivity contribution in [1.82, 2.24) is 4.72 Å². The third-order valence-electron chi connectivity index (χ3n) is 2.13. The molecule has 1 N–H and O–H groups in total. The maximum absolute atomic E-state index is 11.9. The third-order valence-corrected chi connectivity index (χ3v) is 4.08. The molecule has 1 aromatic carbocycles. The lowest BCUT2D eigenvalue weighted by Gasteiger charge is -2.06. The molecule has 1 aromatic rings. The van der Waals surface area contributed by atoms with Gasteiger partial charge < -0.3 is 0 Å². The fourth-order valence-electron chi connectivity index (χ4n) is 1.26. The van der Waals surface area contributed by atoms with Crippen LogP contribution in [-0.2, 0) is 10.0 Å². The van der Waals surface area contributed by atoms with Crippen LogP contribution >= 0.6 is 11.6 Å². The molecule has 0 saturated heterocycles. The standard InChI is InChI=1S/C11H11ClN2O4S/c1-2-3-4-7-13-19(17,18)11-8-9(14(15)16)5-6-10(11)12/h5-6,8,13H,4,7H2,1H3. The van der Waals surface area contributed by atoms with Gasteiger partial charge in [0.15, 0.2) is 0 Å². The molecule has 0 heterocycles. The lowest BCUT2D eigenvalue weighted by atomic mass is 10.3. The molecule has 0 aliphatic rings. The van der Waals surface area contributed by atoms with Gasteiger partial charge in [0.2, 0.25) is 10.0 Å². The summed E-state index contributed by atoms with van der Waals surface area (Å²) in [7, 11) is -3.88. The maximum Gasteiger partial charge on any atom is 0.270 e. The molecule has 0 amide bonds. The molecule has 0 unspecified atom stereocenters. The van der Waals surface area contributed by atoms with Crippen molar-refractivity contribution in [1.29, 1.82) is 0 Å². The van der Waals surface area contributed by atoms with Crippen LogP contribution in [0.25, 0.3) is 0 Å². The van der Waals surface area contributed by atoms with E-state index < -0.39 is 14.9 Å². The van der Waals surface area contributed by atoms with Crippen molar-refractivity contribution >= 4 is 27.3 Å². The van der Waals surface area contributed by atoms with Gasteiger partial charge in [-0.15, -0.1) is 11.8 Å². The molecule has 0 fully saturated rings. The Labute approximate surface area is 116 Å². The van der Waals surface area contributed by atoms with Crippen LogP contribution in [0.15, 0.2) is 23.1 Å². The predicted octanol–water partition coefficient (Wildman–Crippen LogP) is 1.94. The van der Waals surface area contributed by atoms with Crippen LogP contribution in [0.3, 0.4) is 0 Å². The van der Waals surface area contributed by atoms with Gasteiger partial charge in [-0.1, -0.05) is 11.6 Å². The van der Waals surface area contributed by atoms with Crippen molar-refractivity contribution < 1.29 is 13.3 Å². The minimum absolute atomic E-state index is 0.0697. The van der Waals surface area contributed by atoms with Gasteiger partial charge in [-0.05, 0) is 13.0 Å². The number of hydrogen-bond donors (Lipinski definition) is 1. The molecule has 0 aromatic heterocycles. The Morgan fingerprint density at radius 2 is 2.16 bits per heavy atom. The number of nitrogens with zero attached hydrogens (tertiary/aromatic N) is 1. The number of sulfonamides is 1. The van der Waals surface area contributed by atoms with Crippen LogP contribution in [0, 0.1) is 22.0 Å². The molecule has 8 heteroatoms. The van der Waals surface area contributed by atoms with Gasteiger partial charge in [0, 0.05) is 25.1 Å². The Kier molecular flexibility index (Phi) is 5.30. The Balaban J connectivity index is 3.02. The molecule has 0 saturated carbocycles. The normalized spacial score (nSPS) is 10.6. The highest BCUT2D eigenvalue weighted by Gasteiger charge is 2.20. The summed E-state index contributed by atoms with van der Waals surface area (Å²) in [5.41, 5.74) is -0.335. The van der Waals surface area contributed by atoms with E-state index in [1.165, 1.54) is 6.07 Å². The lowest BCUT2D eigenvalue weighted by molar-refractivity contribution is -0.385. The van der Waals surface area contributed by atoms with Gasteiger partial charge in [-0.3, -0.25) is 10.1 Å². The van der Waals surface area contributed by atoms with Crippen molar-refractivity contribution in [2.24, 2.45) is 0 Å². The lowest BCUT2D eigenvalue weighted by Crippen LogP contribution is -2.25. The zero-order valence-corrected chi connectivity index (χ0v) is 11.6. The Bertz CT molecular complexity index is 646. The number of nitro benzene ring substituents is 1. The second kappa shape index (κ2) is 6.52. The smallest absolute Gasteiger partial charge is 0.258 e. The molecule has 0 atom stereocenters. The topological polar surface area (TPSA) is 89.3 Å². The van der Waals surface area contributed by atoms with Gasteiger partial charge in [0.1, 0.15) is 4.90 Å². The molecule has 102 valence electrons. The molecule has 6 nitrogen and oxygen atoms in total. The minimum Gasteiger partial charge on any atom is -0.258 e. The Morgan fingerprint density at radius 3 is 2.74 bits per heavy atom. The quantitative estimate of drug-likeness (QED) is 0.389. The van der Waals surface area contributed by atoms with Crippen LogP contribution in [0.5, 0.6) is 0 Å². The van der Waals surface area contributed by atoms with Crippen molar-refractivity contribution in [2.75, 3.05) is 6.54 Å². The van der Waals surface area contributed by atoms with Gasteiger partial charge in [0.05, 0.1) is 9.95 Å². The second-order valence-corrected chi connectivity index (χ2v) is 5.59. The van der Waals surface area contributed by atoms with Crippen molar-refractivity contribution in [2.45, 2.75) is 18.2 Å². The number of benzene rings is 1. The summed E-state index contributed by atoms with van der Waals surface area (Å²) in [5.74, 6) is 5.33. The monoisotopic (exact) mass is 302 g/mol. The SMILES string of the molecule is CC#CCCNS(=O)(=O)c1cc([N+](=O)[O-])ccc1Cl. The summed E-state index contributed by atoms with van der Waals surface area (Å²) in [5, 5.41) is 10.5. The molecule has 0 aliphatic carbocycles. The minimum atomic E-state index is -3.88. The molecule has 0 bridgehead atoms. The number of nitrogens with one attached hydrogen (secondary N) is 1. The van der Waals surface area contributed by atoms with E-state index in [1.807, 2.05) is 0 Å².